The predicted octanol–water partition coefficient (Wildman–Crippen LogP) is 6.12. The van der Waals surface area contributed by atoms with Crippen molar-refractivity contribution in [1.29, 1.82) is 5.39 Å². The molecule has 126 valence electrons. The summed E-state index contributed by atoms with van der Waals surface area (Å²) in [5.41, 5.74) is 5.67. The largest absolute Gasteiger partial charge is 0.673 e. The summed E-state index contributed by atoms with van der Waals surface area (Å²) < 4.78 is 40.2. The minimum Gasteiger partial charge on any atom is -0.418 e. The third kappa shape index (κ3) is 5.64. The molecule has 0 spiro atoms. The van der Waals surface area contributed by atoms with Crippen molar-refractivity contribution >= 4 is 28.9 Å². The highest BCUT2D eigenvalue weighted by molar-refractivity contribution is 9.10. The van der Waals surface area contributed by atoms with Crippen LogP contribution in [0.5, 0.6) is 0 Å². The van der Waals surface area contributed by atoms with E-state index in [4.69, 9.17) is 5.39 Å². The molecule has 0 radical (unpaired) electrons. The van der Waals surface area contributed by atoms with Gasteiger partial charge in [-0.2, -0.15) is 0 Å². The first-order valence-corrected chi connectivity index (χ1v) is 8.17. The van der Waals surface area contributed by atoms with Crippen molar-refractivity contribution in [2.45, 2.75) is 25.7 Å². The number of hydrogen-bond acceptors (Lipinski definition) is 1. The van der Waals surface area contributed by atoms with Crippen molar-refractivity contribution in [2.24, 2.45) is 0 Å². The topological polar surface area (TPSA) is 28.1 Å². The summed E-state index contributed by atoms with van der Waals surface area (Å²) in [5, 5.41) is 9.14. The van der Waals surface area contributed by atoms with Crippen LogP contribution in [0, 0.1) is 5.39 Å². The summed E-state index contributed by atoms with van der Waals surface area (Å²) in [7, 11) is -6.00. The average Bonchev–Trinajstić information content (AvgIpc) is 2.48. The molecule has 24 heavy (non-hydrogen) atoms. The standard InChI is InChI=1S/C16H14BrN2.BF4/c17-15-9-11-1-2-12-4-6-14(16(10-12)19-18)8-7-13(15)5-3-11;2-1(3,4)5/h3-6,9-10H,1-2,7-8H2;/q+1;-1. The van der Waals surface area contributed by atoms with Gasteiger partial charge in [0.05, 0.1) is 0 Å². The Kier molecular flexibility index (Phi) is 6.00. The first kappa shape index (κ1) is 18.5. The van der Waals surface area contributed by atoms with E-state index in [-0.39, 0.29) is 0 Å². The SMILES string of the molecule is F[B-](F)(F)F.N#[N+]c1cc2ccc1CCc1ccc(cc1Br)CC2. The van der Waals surface area contributed by atoms with E-state index in [9.17, 15) is 17.3 Å². The Morgan fingerprint density at radius 3 is 1.88 bits per heavy atom. The fourth-order valence-electron chi connectivity index (χ4n) is 2.58. The van der Waals surface area contributed by atoms with E-state index in [2.05, 4.69) is 51.2 Å². The molecule has 4 aliphatic rings. The number of benzene rings is 2. The zero-order valence-electron chi connectivity index (χ0n) is 12.7. The van der Waals surface area contributed by atoms with Gasteiger partial charge in [-0.3, -0.25) is 0 Å². The van der Waals surface area contributed by atoms with Crippen LogP contribution in [-0.4, -0.2) is 7.25 Å². The molecule has 6 rings (SSSR count). The predicted molar refractivity (Wildman–Crippen MR) is 90.3 cm³/mol. The van der Waals surface area contributed by atoms with Crippen LogP contribution in [0.2, 0.25) is 0 Å². The molecule has 4 bridgehead atoms. The number of aryl methyl sites for hydroxylation is 4. The van der Waals surface area contributed by atoms with Gasteiger partial charge in [-0.1, -0.05) is 40.2 Å². The molecule has 0 N–H and O–H groups in total. The fraction of sp³-hybridized carbons (Fsp3) is 0.250. The van der Waals surface area contributed by atoms with Crippen molar-refractivity contribution in [1.82, 2.24) is 0 Å². The second kappa shape index (κ2) is 7.80. The summed E-state index contributed by atoms with van der Waals surface area (Å²) in [6.07, 6.45) is 3.80. The van der Waals surface area contributed by atoms with E-state index >= 15 is 0 Å². The minimum absolute atomic E-state index is 0.712. The Balaban J connectivity index is 0.000000368. The molecular formula is C16H14BBrF4N2. The Morgan fingerprint density at radius 2 is 1.33 bits per heavy atom. The van der Waals surface area contributed by atoms with Gasteiger partial charge in [0.2, 0.25) is 5.39 Å². The summed E-state index contributed by atoms with van der Waals surface area (Å²) >= 11 is 3.65. The third-order valence-corrected chi connectivity index (χ3v) is 4.48. The van der Waals surface area contributed by atoms with Crippen LogP contribution in [0.3, 0.4) is 0 Å². The van der Waals surface area contributed by atoms with Crippen LogP contribution in [0.1, 0.15) is 22.3 Å². The molecule has 0 heterocycles. The second-order valence-electron chi connectivity index (χ2n) is 5.48. The van der Waals surface area contributed by atoms with E-state index in [0.29, 0.717) is 5.69 Å². The van der Waals surface area contributed by atoms with Gasteiger partial charge in [0.15, 0.2) is 4.98 Å². The fourth-order valence-corrected chi connectivity index (χ4v) is 3.20. The van der Waals surface area contributed by atoms with Crippen molar-refractivity contribution in [3.8, 4) is 0 Å². The maximum absolute atomic E-state index is 9.75. The van der Waals surface area contributed by atoms with Gasteiger partial charge >= 0.3 is 12.9 Å². The van der Waals surface area contributed by atoms with Gasteiger partial charge in [0, 0.05) is 16.1 Å². The molecule has 0 aromatic heterocycles. The first-order valence-electron chi connectivity index (χ1n) is 7.38. The van der Waals surface area contributed by atoms with Crippen LogP contribution in [0.15, 0.2) is 40.9 Å². The number of hydrogen-bond donors (Lipinski definition) is 0. The minimum atomic E-state index is -6.00. The molecule has 0 saturated carbocycles. The number of rotatable bonds is 0. The Morgan fingerprint density at radius 1 is 0.833 bits per heavy atom. The van der Waals surface area contributed by atoms with E-state index in [1.54, 1.807) is 0 Å². The highest BCUT2D eigenvalue weighted by atomic mass is 79.9. The summed E-state index contributed by atoms with van der Waals surface area (Å²) in [6, 6.07) is 12.9. The van der Waals surface area contributed by atoms with Gasteiger partial charge in [0.25, 0.3) is 0 Å². The van der Waals surface area contributed by atoms with Gasteiger partial charge in [-0.25, -0.2) is 0 Å². The summed E-state index contributed by atoms with van der Waals surface area (Å²) in [4.78, 5) is 3.43. The van der Waals surface area contributed by atoms with E-state index in [1.807, 2.05) is 6.07 Å². The lowest BCUT2D eigenvalue weighted by Gasteiger charge is -2.10. The molecule has 4 aliphatic carbocycles. The zero-order chi connectivity index (χ0) is 17.7. The monoisotopic (exact) mass is 400 g/mol. The molecule has 2 aromatic carbocycles. The first-order chi connectivity index (χ1) is 11.3. The normalized spacial score (nSPS) is 13.3. The van der Waals surface area contributed by atoms with Gasteiger partial charge in [0.1, 0.15) is 0 Å². The van der Waals surface area contributed by atoms with Crippen LogP contribution in [0.25, 0.3) is 4.98 Å². The quantitative estimate of drug-likeness (QED) is 0.297. The Bertz CT molecular complexity index is 766. The number of nitrogens with zero attached hydrogens (tertiary/aromatic N) is 2. The lowest BCUT2D eigenvalue weighted by atomic mass is 9.96. The lowest BCUT2D eigenvalue weighted by Crippen LogP contribution is -2.02. The van der Waals surface area contributed by atoms with E-state index < -0.39 is 7.25 Å². The Hall–Kier alpha value is -1.88. The smallest absolute Gasteiger partial charge is 0.418 e. The molecule has 8 heteroatoms. The van der Waals surface area contributed by atoms with Gasteiger partial charge in [-0.15, -0.1) is 0 Å². The molecule has 0 fully saturated rings. The molecule has 0 atom stereocenters. The third-order valence-electron chi connectivity index (χ3n) is 3.74. The number of diazo groups is 1. The Labute approximate surface area is 145 Å². The van der Waals surface area contributed by atoms with Crippen molar-refractivity contribution in [2.75, 3.05) is 0 Å². The van der Waals surface area contributed by atoms with Gasteiger partial charge in [-0.05, 0) is 48.4 Å². The molecule has 0 aliphatic heterocycles. The summed E-state index contributed by atoms with van der Waals surface area (Å²) in [6.45, 7) is 0. The molecule has 0 unspecified atom stereocenters. The highest BCUT2D eigenvalue weighted by Gasteiger charge is 2.20. The van der Waals surface area contributed by atoms with Crippen LogP contribution in [-0.2, 0) is 25.7 Å². The van der Waals surface area contributed by atoms with Crippen molar-refractivity contribution < 1.29 is 17.3 Å². The molecule has 2 nitrogen and oxygen atoms in total. The highest BCUT2D eigenvalue weighted by Crippen LogP contribution is 2.27. The zero-order valence-corrected chi connectivity index (χ0v) is 14.2. The van der Waals surface area contributed by atoms with E-state index in [1.165, 1.54) is 21.2 Å². The second-order valence-corrected chi connectivity index (χ2v) is 6.34. The van der Waals surface area contributed by atoms with Crippen LogP contribution < -0.4 is 0 Å². The van der Waals surface area contributed by atoms with E-state index in [0.717, 1.165) is 31.2 Å². The lowest BCUT2D eigenvalue weighted by molar-refractivity contribution is 0.368. The molecule has 2 aromatic rings. The van der Waals surface area contributed by atoms with Gasteiger partial charge < -0.3 is 17.3 Å². The van der Waals surface area contributed by atoms with Crippen LogP contribution in [0.4, 0.5) is 23.0 Å². The molecular weight excluding hydrogens is 387 g/mol. The average molecular weight is 401 g/mol. The molecule has 0 saturated heterocycles. The van der Waals surface area contributed by atoms with Crippen molar-refractivity contribution in [3.05, 3.63) is 68.1 Å². The maximum atomic E-state index is 9.75. The van der Waals surface area contributed by atoms with Crippen molar-refractivity contribution in [3.63, 3.8) is 0 Å². The molecule has 0 amide bonds. The summed E-state index contributed by atoms with van der Waals surface area (Å²) in [5.74, 6) is 0. The maximum Gasteiger partial charge on any atom is 0.673 e. The number of halogens is 5. The van der Waals surface area contributed by atoms with Crippen LogP contribution >= 0.6 is 15.9 Å².